The first-order chi connectivity index (χ1) is 9.11. The van der Waals surface area contributed by atoms with Crippen LogP contribution in [0.5, 0.6) is 5.75 Å². The molecule has 0 bridgehead atoms. The second kappa shape index (κ2) is 5.58. The molecule has 1 N–H and O–H groups in total. The SMILES string of the molecule is COc1ccc(Nc2cccc(Cl)c2[N+](=O)[O-])cc1. The molecule has 0 fully saturated rings. The molecule has 6 heteroatoms. The quantitative estimate of drug-likeness (QED) is 0.678. The van der Waals surface area contributed by atoms with Crippen LogP contribution in [0, 0.1) is 10.1 Å². The fourth-order valence-electron chi connectivity index (χ4n) is 1.63. The van der Waals surface area contributed by atoms with E-state index < -0.39 is 4.92 Å². The van der Waals surface area contributed by atoms with Gasteiger partial charge in [-0.15, -0.1) is 0 Å². The van der Waals surface area contributed by atoms with Gasteiger partial charge in [0.15, 0.2) is 0 Å². The summed E-state index contributed by atoms with van der Waals surface area (Å²) in [6.07, 6.45) is 0. The van der Waals surface area contributed by atoms with Crippen LogP contribution in [0.2, 0.25) is 5.02 Å². The summed E-state index contributed by atoms with van der Waals surface area (Å²) in [6, 6.07) is 11.8. The highest BCUT2D eigenvalue weighted by Gasteiger charge is 2.18. The zero-order chi connectivity index (χ0) is 13.8. The molecule has 0 atom stereocenters. The molecule has 19 heavy (non-hydrogen) atoms. The molecule has 98 valence electrons. The van der Waals surface area contributed by atoms with E-state index in [9.17, 15) is 10.1 Å². The van der Waals surface area contributed by atoms with Gasteiger partial charge in [0.05, 0.1) is 12.0 Å². The fourth-order valence-corrected chi connectivity index (χ4v) is 1.88. The summed E-state index contributed by atoms with van der Waals surface area (Å²) in [7, 11) is 1.57. The molecule has 2 rings (SSSR count). The monoisotopic (exact) mass is 278 g/mol. The number of methoxy groups -OCH3 is 1. The number of para-hydroxylation sites is 1. The zero-order valence-corrected chi connectivity index (χ0v) is 10.8. The Labute approximate surface area is 114 Å². The lowest BCUT2D eigenvalue weighted by Crippen LogP contribution is -1.97. The van der Waals surface area contributed by atoms with Crippen LogP contribution >= 0.6 is 11.6 Å². The highest BCUT2D eigenvalue weighted by atomic mass is 35.5. The topological polar surface area (TPSA) is 64.4 Å². The molecule has 0 unspecified atom stereocenters. The molecule has 2 aromatic rings. The van der Waals surface area contributed by atoms with Crippen LogP contribution in [0.25, 0.3) is 0 Å². The lowest BCUT2D eigenvalue weighted by Gasteiger charge is -2.08. The summed E-state index contributed by atoms with van der Waals surface area (Å²) in [4.78, 5) is 10.5. The maximum atomic E-state index is 11.0. The summed E-state index contributed by atoms with van der Waals surface area (Å²) in [5.41, 5.74) is 0.925. The number of nitro benzene ring substituents is 1. The smallest absolute Gasteiger partial charge is 0.311 e. The molecular weight excluding hydrogens is 268 g/mol. The average molecular weight is 279 g/mol. The number of anilines is 2. The van der Waals surface area contributed by atoms with E-state index in [0.29, 0.717) is 17.1 Å². The second-order valence-electron chi connectivity index (χ2n) is 3.75. The molecule has 5 nitrogen and oxygen atoms in total. The Bertz CT molecular complexity index is 599. The Kier molecular flexibility index (Phi) is 3.87. The number of hydrogen-bond donors (Lipinski definition) is 1. The Hall–Kier alpha value is -2.27. The summed E-state index contributed by atoms with van der Waals surface area (Å²) in [6.45, 7) is 0. The first kappa shape index (κ1) is 13.2. The van der Waals surface area contributed by atoms with Crippen molar-refractivity contribution in [2.45, 2.75) is 0 Å². The largest absolute Gasteiger partial charge is 0.497 e. The number of nitrogens with one attached hydrogen (secondary N) is 1. The molecule has 2 aromatic carbocycles. The first-order valence-electron chi connectivity index (χ1n) is 5.46. The summed E-state index contributed by atoms with van der Waals surface area (Å²) in [5.74, 6) is 0.714. The number of nitro groups is 1. The molecule has 0 aliphatic rings. The lowest BCUT2D eigenvalue weighted by atomic mass is 10.2. The second-order valence-corrected chi connectivity index (χ2v) is 4.15. The van der Waals surface area contributed by atoms with E-state index in [-0.39, 0.29) is 10.7 Å². The van der Waals surface area contributed by atoms with Gasteiger partial charge in [0.25, 0.3) is 0 Å². The van der Waals surface area contributed by atoms with Gasteiger partial charge in [-0.05, 0) is 36.4 Å². The number of rotatable bonds is 4. The third-order valence-corrected chi connectivity index (χ3v) is 2.84. The van der Waals surface area contributed by atoms with Crippen molar-refractivity contribution in [2.24, 2.45) is 0 Å². The molecule has 0 saturated heterocycles. The van der Waals surface area contributed by atoms with Crippen LogP contribution in [-0.4, -0.2) is 12.0 Å². The minimum absolute atomic E-state index is 0.100. The number of benzene rings is 2. The van der Waals surface area contributed by atoms with Gasteiger partial charge in [0, 0.05) is 5.69 Å². The molecule has 0 aliphatic carbocycles. The fraction of sp³-hybridized carbons (Fsp3) is 0.0769. The van der Waals surface area contributed by atoms with Gasteiger partial charge in [-0.2, -0.15) is 0 Å². The van der Waals surface area contributed by atoms with E-state index in [1.807, 2.05) is 0 Å². The summed E-state index contributed by atoms with van der Waals surface area (Å²) < 4.78 is 5.04. The normalized spacial score (nSPS) is 10.0. The van der Waals surface area contributed by atoms with E-state index >= 15 is 0 Å². The van der Waals surface area contributed by atoms with Crippen LogP contribution in [0.3, 0.4) is 0 Å². The summed E-state index contributed by atoms with van der Waals surface area (Å²) >= 11 is 5.84. The van der Waals surface area contributed by atoms with Crippen molar-refractivity contribution >= 4 is 28.7 Å². The van der Waals surface area contributed by atoms with E-state index in [1.165, 1.54) is 6.07 Å². The van der Waals surface area contributed by atoms with Gasteiger partial charge < -0.3 is 10.1 Å². The van der Waals surface area contributed by atoms with Gasteiger partial charge in [-0.25, -0.2) is 0 Å². The van der Waals surface area contributed by atoms with Gasteiger partial charge in [-0.3, -0.25) is 10.1 Å². The molecule has 0 amide bonds. The van der Waals surface area contributed by atoms with Gasteiger partial charge in [-0.1, -0.05) is 17.7 Å². The Morgan fingerprint density at radius 1 is 1.21 bits per heavy atom. The third-order valence-electron chi connectivity index (χ3n) is 2.54. The predicted octanol–water partition coefficient (Wildman–Crippen LogP) is 4.00. The highest BCUT2D eigenvalue weighted by Crippen LogP contribution is 2.34. The van der Waals surface area contributed by atoms with Gasteiger partial charge in [0.1, 0.15) is 16.5 Å². The van der Waals surface area contributed by atoms with E-state index in [0.717, 1.165) is 0 Å². The predicted molar refractivity (Wildman–Crippen MR) is 74.4 cm³/mol. The zero-order valence-electron chi connectivity index (χ0n) is 10.1. The number of hydrogen-bond acceptors (Lipinski definition) is 4. The molecule has 0 spiro atoms. The van der Waals surface area contributed by atoms with Gasteiger partial charge in [0.2, 0.25) is 0 Å². The number of halogens is 1. The minimum atomic E-state index is -0.506. The van der Waals surface area contributed by atoms with Crippen LogP contribution in [0.1, 0.15) is 0 Å². The summed E-state index contributed by atoms with van der Waals surface area (Å²) in [5, 5.41) is 14.1. The molecule has 0 heterocycles. The number of nitrogens with zero attached hydrogens (tertiary/aromatic N) is 1. The van der Waals surface area contributed by atoms with Crippen molar-refractivity contribution < 1.29 is 9.66 Å². The lowest BCUT2D eigenvalue weighted by molar-refractivity contribution is -0.383. The van der Waals surface area contributed by atoms with E-state index in [1.54, 1.807) is 43.5 Å². The molecule has 0 aliphatic heterocycles. The van der Waals surface area contributed by atoms with Crippen molar-refractivity contribution in [1.82, 2.24) is 0 Å². The third kappa shape index (κ3) is 2.95. The molecule has 0 aromatic heterocycles. The van der Waals surface area contributed by atoms with Crippen LogP contribution < -0.4 is 10.1 Å². The van der Waals surface area contributed by atoms with Crippen molar-refractivity contribution in [2.75, 3.05) is 12.4 Å². The van der Waals surface area contributed by atoms with E-state index in [4.69, 9.17) is 16.3 Å². The maximum Gasteiger partial charge on any atom is 0.311 e. The van der Waals surface area contributed by atoms with Crippen molar-refractivity contribution in [3.63, 3.8) is 0 Å². The Balaban J connectivity index is 2.32. The van der Waals surface area contributed by atoms with Crippen molar-refractivity contribution in [3.05, 3.63) is 57.6 Å². The molecule has 0 radical (unpaired) electrons. The average Bonchev–Trinajstić information content (AvgIpc) is 2.39. The first-order valence-corrected chi connectivity index (χ1v) is 5.83. The standard InChI is InChI=1S/C13H11ClN2O3/c1-19-10-7-5-9(6-8-10)15-12-4-2-3-11(14)13(12)16(17)18/h2-8,15H,1H3. The highest BCUT2D eigenvalue weighted by molar-refractivity contribution is 6.33. The van der Waals surface area contributed by atoms with Crippen LogP contribution in [0.4, 0.5) is 17.1 Å². The Morgan fingerprint density at radius 2 is 1.89 bits per heavy atom. The van der Waals surface area contributed by atoms with Crippen molar-refractivity contribution in [3.8, 4) is 5.75 Å². The number of ether oxygens (including phenoxy) is 1. The van der Waals surface area contributed by atoms with Crippen LogP contribution in [0.15, 0.2) is 42.5 Å². The maximum absolute atomic E-state index is 11.0. The Morgan fingerprint density at radius 3 is 2.47 bits per heavy atom. The molecule has 0 saturated carbocycles. The minimum Gasteiger partial charge on any atom is -0.497 e. The molecular formula is C13H11ClN2O3. The van der Waals surface area contributed by atoms with Crippen LogP contribution in [-0.2, 0) is 0 Å². The van der Waals surface area contributed by atoms with Gasteiger partial charge >= 0.3 is 5.69 Å². The van der Waals surface area contributed by atoms with Crippen molar-refractivity contribution in [1.29, 1.82) is 0 Å². The van der Waals surface area contributed by atoms with E-state index in [2.05, 4.69) is 5.32 Å².